The standard InChI is InChI=1S/C16H17F3N2O/c1-2-14-11(10-22-21-14)9-20-15(6-7-15)12-4-3-5-13(8-12)16(17,18)19/h3-5,8,10,20H,2,6-7,9H2,1H3. The Kier molecular flexibility index (Phi) is 3.72. The van der Waals surface area contributed by atoms with Crippen LogP contribution >= 0.6 is 0 Å². The van der Waals surface area contributed by atoms with Crippen LogP contribution in [0.15, 0.2) is 35.1 Å². The molecule has 1 saturated carbocycles. The van der Waals surface area contributed by atoms with Gasteiger partial charge in [-0.3, -0.25) is 0 Å². The molecule has 1 N–H and O–H groups in total. The van der Waals surface area contributed by atoms with Crippen molar-refractivity contribution in [2.45, 2.75) is 44.4 Å². The van der Waals surface area contributed by atoms with E-state index in [1.807, 2.05) is 6.92 Å². The lowest BCUT2D eigenvalue weighted by Crippen LogP contribution is -2.29. The predicted molar refractivity (Wildman–Crippen MR) is 75.1 cm³/mol. The summed E-state index contributed by atoms with van der Waals surface area (Å²) in [6.45, 7) is 2.53. The van der Waals surface area contributed by atoms with Crippen LogP contribution in [0.3, 0.4) is 0 Å². The molecule has 1 heterocycles. The fraction of sp³-hybridized carbons (Fsp3) is 0.438. The zero-order chi connectivity index (χ0) is 15.8. The lowest BCUT2D eigenvalue weighted by Gasteiger charge is -2.19. The summed E-state index contributed by atoms with van der Waals surface area (Å²) in [7, 11) is 0. The van der Waals surface area contributed by atoms with E-state index in [4.69, 9.17) is 4.52 Å². The molecule has 1 aromatic carbocycles. The van der Waals surface area contributed by atoms with Crippen molar-refractivity contribution in [3.8, 4) is 0 Å². The summed E-state index contributed by atoms with van der Waals surface area (Å²) in [4.78, 5) is 0. The van der Waals surface area contributed by atoms with Crippen LogP contribution in [-0.2, 0) is 24.7 Å². The number of hydrogen-bond acceptors (Lipinski definition) is 3. The smallest absolute Gasteiger partial charge is 0.364 e. The Morgan fingerprint density at radius 1 is 1.32 bits per heavy atom. The van der Waals surface area contributed by atoms with Gasteiger partial charge in [0.15, 0.2) is 0 Å². The van der Waals surface area contributed by atoms with E-state index < -0.39 is 11.7 Å². The van der Waals surface area contributed by atoms with E-state index >= 15 is 0 Å². The summed E-state index contributed by atoms with van der Waals surface area (Å²) in [5, 5.41) is 7.29. The Morgan fingerprint density at radius 2 is 2.09 bits per heavy atom. The average Bonchev–Trinajstić information content (AvgIpc) is 3.15. The van der Waals surface area contributed by atoms with Crippen LogP contribution in [0, 0.1) is 0 Å². The number of nitrogens with zero attached hydrogens (tertiary/aromatic N) is 1. The van der Waals surface area contributed by atoms with Gasteiger partial charge >= 0.3 is 6.18 Å². The molecule has 1 aliphatic carbocycles. The summed E-state index contributed by atoms with van der Waals surface area (Å²) in [6.07, 6.45) is -0.282. The van der Waals surface area contributed by atoms with Crippen LogP contribution in [0.5, 0.6) is 0 Å². The number of aryl methyl sites for hydroxylation is 1. The highest BCUT2D eigenvalue weighted by atomic mass is 19.4. The van der Waals surface area contributed by atoms with Gasteiger partial charge in [0.1, 0.15) is 6.26 Å². The molecule has 0 amide bonds. The molecule has 0 unspecified atom stereocenters. The second-order valence-corrected chi connectivity index (χ2v) is 5.65. The Labute approximate surface area is 126 Å². The highest BCUT2D eigenvalue weighted by Crippen LogP contribution is 2.46. The minimum atomic E-state index is -4.31. The number of hydrogen-bond donors (Lipinski definition) is 1. The SMILES string of the molecule is CCc1nocc1CNC1(c2cccc(C(F)(F)F)c2)CC1. The third kappa shape index (κ3) is 2.88. The topological polar surface area (TPSA) is 38.1 Å². The Hall–Kier alpha value is -1.82. The van der Waals surface area contributed by atoms with Crippen molar-refractivity contribution in [1.29, 1.82) is 0 Å². The number of nitrogens with one attached hydrogen (secondary N) is 1. The fourth-order valence-corrected chi connectivity index (χ4v) is 2.67. The Bertz CT molecular complexity index is 659. The highest BCUT2D eigenvalue weighted by molar-refractivity contribution is 5.35. The van der Waals surface area contributed by atoms with Gasteiger partial charge in [-0.05, 0) is 37.0 Å². The molecule has 3 nitrogen and oxygen atoms in total. The van der Waals surface area contributed by atoms with Crippen LogP contribution < -0.4 is 5.32 Å². The molecule has 1 fully saturated rings. The van der Waals surface area contributed by atoms with E-state index in [1.165, 1.54) is 12.1 Å². The molecule has 6 heteroatoms. The molecule has 0 radical (unpaired) electrons. The molecule has 118 valence electrons. The first kappa shape index (κ1) is 15.1. The van der Waals surface area contributed by atoms with Crippen molar-refractivity contribution in [2.75, 3.05) is 0 Å². The molecule has 1 aromatic heterocycles. The maximum absolute atomic E-state index is 12.8. The van der Waals surface area contributed by atoms with E-state index in [2.05, 4.69) is 10.5 Å². The van der Waals surface area contributed by atoms with Crippen molar-refractivity contribution in [1.82, 2.24) is 10.5 Å². The van der Waals surface area contributed by atoms with E-state index in [0.29, 0.717) is 12.1 Å². The fourth-order valence-electron chi connectivity index (χ4n) is 2.67. The summed E-state index contributed by atoms with van der Waals surface area (Å²) in [5.74, 6) is 0. The molecule has 3 rings (SSSR count). The summed E-state index contributed by atoms with van der Waals surface area (Å²) < 4.78 is 43.5. The van der Waals surface area contributed by atoms with Crippen LogP contribution in [0.1, 0.15) is 42.1 Å². The normalized spacial score (nSPS) is 16.7. The molecular formula is C16H17F3N2O. The molecule has 2 aromatic rings. The van der Waals surface area contributed by atoms with Crippen molar-refractivity contribution in [2.24, 2.45) is 0 Å². The van der Waals surface area contributed by atoms with Crippen molar-refractivity contribution < 1.29 is 17.7 Å². The Balaban J connectivity index is 1.77. The first-order chi connectivity index (χ1) is 10.4. The maximum Gasteiger partial charge on any atom is 0.416 e. The molecule has 0 atom stereocenters. The van der Waals surface area contributed by atoms with Gasteiger partial charge in [0.25, 0.3) is 0 Å². The second-order valence-electron chi connectivity index (χ2n) is 5.65. The minimum absolute atomic E-state index is 0.358. The van der Waals surface area contributed by atoms with E-state index in [9.17, 15) is 13.2 Å². The molecule has 22 heavy (non-hydrogen) atoms. The van der Waals surface area contributed by atoms with Crippen molar-refractivity contribution in [3.05, 3.63) is 52.9 Å². The highest BCUT2D eigenvalue weighted by Gasteiger charge is 2.45. The molecule has 1 aliphatic rings. The molecular weight excluding hydrogens is 293 g/mol. The van der Waals surface area contributed by atoms with Crippen molar-refractivity contribution in [3.63, 3.8) is 0 Å². The summed E-state index contributed by atoms with van der Waals surface area (Å²) >= 11 is 0. The van der Waals surface area contributed by atoms with E-state index in [-0.39, 0.29) is 5.54 Å². The number of aromatic nitrogens is 1. The van der Waals surface area contributed by atoms with Crippen LogP contribution in [0.4, 0.5) is 13.2 Å². The lowest BCUT2D eigenvalue weighted by molar-refractivity contribution is -0.137. The van der Waals surface area contributed by atoms with Gasteiger partial charge in [0.2, 0.25) is 0 Å². The predicted octanol–water partition coefficient (Wildman–Crippen LogP) is 4.03. The molecule has 0 bridgehead atoms. The van der Waals surface area contributed by atoms with E-state index in [1.54, 1.807) is 12.3 Å². The number of rotatable bonds is 5. The summed E-state index contributed by atoms with van der Waals surface area (Å²) in [5.41, 5.74) is 1.58. The molecule has 0 saturated heterocycles. The number of halogens is 3. The van der Waals surface area contributed by atoms with Crippen LogP contribution in [0.25, 0.3) is 0 Å². The third-order valence-electron chi connectivity index (χ3n) is 4.17. The Morgan fingerprint density at radius 3 is 2.73 bits per heavy atom. The van der Waals surface area contributed by atoms with Crippen LogP contribution in [-0.4, -0.2) is 5.16 Å². The molecule has 0 aliphatic heterocycles. The van der Waals surface area contributed by atoms with Gasteiger partial charge in [-0.25, -0.2) is 0 Å². The number of benzene rings is 1. The van der Waals surface area contributed by atoms with Gasteiger partial charge in [0.05, 0.1) is 11.3 Å². The first-order valence-corrected chi connectivity index (χ1v) is 7.29. The quantitative estimate of drug-likeness (QED) is 0.906. The monoisotopic (exact) mass is 310 g/mol. The summed E-state index contributed by atoms with van der Waals surface area (Å²) in [6, 6.07) is 5.57. The number of alkyl halides is 3. The van der Waals surface area contributed by atoms with Gasteiger partial charge in [-0.1, -0.05) is 24.2 Å². The largest absolute Gasteiger partial charge is 0.416 e. The lowest BCUT2D eigenvalue weighted by atomic mass is 10.0. The van der Waals surface area contributed by atoms with E-state index in [0.717, 1.165) is 36.6 Å². The van der Waals surface area contributed by atoms with Gasteiger partial charge < -0.3 is 9.84 Å². The second kappa shape index (κ2) is 5.43. The maximum atomic E-state index is 12.8. The van der Waals surface area contributed by atoms with Crippen molar-refractivity contribution >= 4 is 0 Å². The zero-order valence-corrected chi connectivity index (χ0v) is 12.2. The zero-order valence-electron chi connectivity index (χ0n) is 12.2. The average molecular weight is 310 g/mol. The minimum Gasteiger partial charge on any atom is -0.364 e. The van der Waals surface area contributed by atoms with Gasteiger partial charge in [-0.2, -0.15) is 13.2 Å². The molecule has 0 spiro atoms. The first-order valence-electron chi connectivity index (χ1n) is 7.29. The van der Waals surface area contributed by atoms with Gasteiger partial charge in [-0.15, -0.1) is 0 Å². The third-order valence-corrected chi connectivity index (χ3v) is 4.17. The van der Waals surface area contributed by atoms with Gasteiger partial charge in [0, 0.05) is 17.6 Å². The van der Waals surface area contributed by atoms with Crippen LogP contribution in [0.2, 0.25) is 0 Å².